The highest BCUT2D eigenvalue weighted by Gasteiger charge is 2.16. The molecule has 17 heavy (non-hydrogen) atoms. The average molecular weight is 235 g/mol. The number of hydrogen-bond donors (Lipinski definition) is 2. The molecule has 0 atom stereocenters. The molecular formula is C12H17N3O2. The maximum atomic E-state index is 11.8. The van der Waals surface area contributed by atoms with E-state index >= 15 is 0 Å². The van der Waals surface area contributed by atoms with Crippen molar-refractivity contribution in [1.29, 1.82) is 0 Å². The zero-order valence-corrected chi connectivity index (χ0v) is 10.1. The van der Waals surface area contributed by atoms with Crippen molar-refractivity contribution in [2.75, 3.05) is 18.4 Å². The lowest BCUT2D eigenvalue weighted by molar-refractivity contribution is -0.125. The fraction of sp³-hybridized carbons (Fsp3) is 0.333. The molecule has 0 saturated carbocycles. The van der Waals surface area contributed by atoms with E-state index in [0.717, 1.165) is 10.5 Å². The summed E-state index contributed by atoms with van der Waals surface area (Å²) in [5, 5.41) is 2.66. The maximum absolute atomic E-state index is 11.8. The summed E-state index contributed by atoms with van der Waals surface area (Å²) in [4.78, 5) is 24.1. The Morgan fingerprint density at radius 2 is 2.12 bits per heavy atom. The van der Waals surface area contributed by atoms with Crippen LogP contribution in [0.5, 0.6) is 0 Å². The molecule has 0 fully saturated rings. The number of imide groups is 1. The monoisotopic (exact) mass is 235 g/mol. The van der Waals surface area contributed by atoms with Crippen molar-refractivity contribution in [2.24, 2.45) is 5.73 Å². The number of rotatable bonds is 3. The SMILES string of the molecule is CC(=O)N(CCN)C(=O)Nc1cccc(C)c1. The maximum Gasteiger partial charge on any atom is 0.328 e. The predicted octanol–water partition coefficient (Wildman–Crippen LogP) is 1.33. The Morgan fingerprint density at radius 3 is 2.65 bits per heavy atom. The molecule has 1 rings (SSSR count). The highest BCUT2D eigenvalue weighted by atomic mass is 16.2. The standard InChI is InChI=1S/C12H17N3O2/c1-9-4-3-5-11(8-9)14-12(17)15(7-6-13)10(2)16/h3-5,8H,6-7,13H2,1-2H3,(H,14,17). The van der Waals surface area contributed by atoms with Gasteiger partial charge in [0.05, 0.1) is 0 Å². The normalized spacial score (nSPS) is 9.82. The summed E-state index contributed by atoms with van der Waals surface area (Å²) in [6.07, 6.45) is 0. The van der Waals surface area contributed by atoms with Crippen molar-refractivity contribution in [1.82, 2.24) is 4.90 Å². The molecule has 5 nitrogen and oxygen atoms in total. The second-order valence-corrected chi connectivity index (χ2v) is 3.76. The van der Waals surface area contributed by atoms with Gasteiger partial charge in [0, 0.05) is 25.7 Å². The van der Waals surface area contributed by atoms with E-state index in [0.29, 0.717) is 5.69 Å². The predicted molar refractivity (Wildman–Crippen MR) is 66.6 cm³/mol. The van der Waals surface area contributed by atoms with Gasteiger partial charge >= 0.3 is 6.03 Å². The molecule has 1 aromatic rings. The molecule has 0 saturated heterocycles. The molecule has 3 N–H and O–H groups in total. The minimum atomic E-state index is -0.450. The number of nitrogens with two attached hydrogens (primary N) is 1. The molecule has 0 spiro atoms. The van der Waals surface area contributed by atoms with Crippen molar-refractivity contribution < 1.29 is 9.59 Å². The number of nitrogens with zero attached hydrogens (tertiary/aromatic N) is 1. The van der Waals surface area contributed by atoms with E-state index in [9.17, 15) is 9.59 Å². The van der Waals surface area contributed by atoms with Gasteiger partial charge in [-0.25, -0.2) is 4.79 Å². The van der Waals surface area contributed by atoms with Crippen LogP contribution in [0.4, 0.5) is 10.5 Å². The summed E-state index contributed by atoms with van der Waals surface area (Å²) in [6, 6.07) is 6.92. The second kappa shape index (κ2) is 6.00. The average Bonchev–Trinajstić information content (AvgIpc) is 2.25. The summed E-state index contributed by atoms with van der Waals surface area (Å²) in [7, 11) is 0. The molecule has 5 heteroatoms. The van der Waals surface area contributed by atoms with Gasteiger partial charge in [0.25, 0.3) is 0 Å². The van der Waals surface area contributed by atoms with Gasteiger partial charge in [-0.2, -0.15) is 0 Å². The van der Waals surface area contributed by atoms with E-state index in [2.05, 4.69) is 5.32 Å². The number of carbonyl (C=O) groups is 2. The number of benzene rings is 1. The summed E-state index contributed by atoms with van der Waals surface area (Å²) >= 11 is 0. The zero-order chi connectivity index (χ0) is 12.8. The smallest absolute Gasteiger partial charge is 0.328 e. The third kappa shape index (κ3) is 3.88. The Labute approximate surface area is 101 Å². The Balaban J connectivity index is 2.73. The van der Waals surface area contributed by atoms with Crippen LogP contribution in [-0.4, -0.2) is 29.9 Å². The van der Waals surface area contributed by atoms with Crippen LogP contribution in [0.3, 0.4) is 0 Å². The third-order valence-corrected chi connectivity index (χ3v) is 2.25. The Hall–Kier alpha value is -1.88. The Bertz CT molecular complexity index is 418. The van der Waals surface area contributed by atoms with Crippen LogP contribution in [0.15, 0.2) is 24.3 Å². The van der Waals surface area contributed by atoms with Crippen LogP contribution in [-0.2, 0) is 4.79 Å². The molecule has 92 valence electrons. The van der Waals surface area contributed by atoms with Gasteiger partial charge < -0.3 is 11.1 Å². The van der Waals surface area contributed by atoms with Crippen molar-refractivity contribution >= 4 is 17.6 Å². The van der Waals surface area contributed by atoms with Crippen LogP contribution in [0.2, 0.25) is 0 Å². The highest BCUT2D eigenvalue weighted by molar-refractivity contribution is 6.00. The largest absolute Gasteiger partial charge is 0.329 e. The molecule has 0 bridgehead atoms. The fourth-order valence-corrected chi connectivity index (χ4v) is 1.44. The number of amides is 3. The molecular weight excluding hydrogens is 218 g/mol. The van der Waals surface area contributed by atoms with Crippen LogP contribution in [0.1, 0.15) is 12.5 Å². The molecule has 0 aliphatic rings. The highest BCUT2D eigenvalue weighted by Crippen LogP contribution is 2.10. The lowest BCUT2D eigenvalue weighted by Gasteiger charge is -2.18. The Morgan fingerprint density at radius 1 is 1.41 bits per heavy atom. The summed E-state index contributed by atoms with van der Waals surface area (Å²) < 4.78 is 0. The van der Waals surface area contributed by atoms with Gasteiger partial charge in [-0.3, -0.25) is 9.69 Å². The third-order valence-electron chi connectivity index (χ3n) is 2.25. The van der Waals surface area contributed by atoms with Crippen molar-refractivity contribution in [2.45, 2.75) is 13.8 Å². The lowest BCUT2D eigenvalue weighted by atomic mass is 10.2. The van der Waals surface area contributed by atoms with Crippen molar-refractivity contribution in [3.63, 3.8) is 0 Å². The van der Waals surface area contributed by atoms with Crippen molar-refractivity contribution in [3.8, 4) is 0 Å². The number of urea groups is 1. The first-order valence-corrected chi connectivity index (χ1v) is 5.40. The molecule has 0 aliphatic heterocycles. The number of nitrogens with one attached hydrogen (secondary N) is 1. The summed E-state index contributed by atoms with van der Waals surface area (Å²) in [5.74, 6) is -0.319. The number of anilines is 1. The van der Waals surface area contributed by atoms with Crippen LogP contribution >= 0.6 is 0 Å². The minimum Gasteiger partial charge on any atom is -0.329 e. The van der Waals surface area contributed by atoms with Crippen LogP contribution < -0.4 is 11.1 Å². The van der Waals surface area contributed by atoms with Gasteiger partial charge in [0.2, 0.25) is 5.91 Å². The molecule has 0 unspecified atom stereocenters. The summed E-state index contributed by atoms with van der Waals surface area (Å²) in [6.45, 7) is 3.73. The molecule has 1 aromatic carbocycles. The first kappa shape index (κ1) is 13.2. The number of hydrogen-bond acceptors (Lipinski definition) is 3. The van der Waals surface area contributed by atoms with E-state index in [1.165, 1.54) is 6.92 Å². The molecule has 0 aliphatic carbocycles. The minimum absolute atomic E-state index is 0.215. The number of aryl methyl sites for hydroxylation is 1. The number of carbonyl (C=O) groups excluding carboxylic acids is 2. The second-order valence-electron chi connectivity index (χ2n) is 3.76. The first-order chi connectivity index (χ1) is 8.04. The summed E-state index contributed by atoms with van der Waals surface area (Å²) in [5.41, 5.74) is 7.05. The fourth-order valence-electron chi connectivity index (χ4n) is 1.44. The first-order valence-electron chi connectivity index (χ1n) is 5.40. The zero-order valence-electron chi connectivity index (χ0n) is 10.1. The van der Waals surface area contributed by atoms with Gasteiger partial charge in [-0.05, 0) is 24.6 Å². The van der Waals surface area contributed by atoms with Gasteiger partial charge in [-0.1, -0.05) is 12.1 Å². The lowest BCUT2D eigenvalue weighted by Crippen LogP contribution is -2.41. The van der Waals surface area contributed by atoms with E-state index in [1.807, 2.05) is 25.1 Å². The Kier molecular flexibility index (Phi) is 4.66. The van der Waals surface area contributed by atoms with Gasteiger partial charge in [0.15, 0.2) is 0 Å². The molecule has 3 amide bonds. The van der Waals surface area contributed by atoms with Gasteiger partial charge in [0.1, 0.15) is 0 Å². The van der Waals surface area contributed by atoms with E-state index in [-0.39, 0.29) is 19.0 Å². The van der Waals surface area contributed by atoms with E-state index < -0.39 is 6.03 Å². The quantitative estimate of drug-likeness (QED) is 0.830. The van der Waals surface area contributed by atoms with Gasteiger partial charge in [-0.15, -0.1) is 0 Å². The van der Waals surface area contributed by atoms with Crippen LogP contribution in [0, 0.1) is 6.92 Å². The van der Waals surface area contributed by atoms with Crippen LogP contribution in [0.25, 0.3) is 0 Å². The van der Waals surface area contributed by atoms with E-state index in [4.69, 9.17) is 5.73 Å². The molecule has 0 radical (unpaired) electrons. The van der Waals surface area contributed by atoms with Crippen molar-refractivity contribution in [3.05, 3.63) is 29.8 Å². The molecule has 0 aromatic heterocycles. The molecule has 0 heterocycles. The van der Waals surface area contributed by atoms with E-state index in [1.54, 1.807) is 6.07 Å². The topological polar surface area (TPSA) is 75.4 Å².